The molecule has 2 rings (SSSR count). The van der Waals surface area contributed by atoms with E-state index in [4.69, 9.17) is 16.3 Å². The van der Waals surface area contributed by atoms with E-state index < -0.39 is 30.1 Å². The van der Waals surface area contributed by atoms with Gasteiger partial charge in [-0.3, -0.25) is 9.48 Å². The van der Waals surface area contributed by atoms with Crippen LogP contribution in [-0.2, 0) is 16.1 Å². The van der Waals surface area contributed by atoms with Crippen LogP contribution in [0, 0.1) is 18.6 Å². The zero-order valence-corrected chi connectivity index (χ0v) is 15.1. The van der Waals surface area contributed by atoms with E-state index in [2.05, 4.69) is 10.4 Å². The maximum atomic E-state index is 13.1. The number of carbonyl (C=O) groups excluding carboxylic acids is 2. The maximum absolute atomic E-state index is 13.1. The first-order chi connectivity index (χ1) is 12.3. The van der Waals surface area contributed by atoms with Gasteiger partial charge in [0, 0.05) is 18.3 Å². The Kier molecular flexibility index (Phi) is 6.68. The predicted molar refractivity (Wildman–Crippen MR) is 92.2 cm³/mol. The highest BCUT2D eigenvalue weighted by Gasteiger charge is 2.22. The summed E-state index contributed by atoms with van der Waals surface area (Å²) in [6.07, 6.45) is 1.80. The first kappa shape index (κ1) is 19.8. The average Bonchev–Trinajstić information content (AvgIpc) is 2.88. The summed E-state index contributed by atoms with van der Waals surface area (Å²) >= 11 is 6.16. The summed E-state index contributed by atoms with van der Waals surface area (Å²) in [7, 11) is 0. The topological polar surface area (TPSA) is 73.2 Å². The van der Waals surface area contributed by atoms with Gasteiger partial charge in [0.05, 0.1) is 5.69 Å². The third-order valence-corrected chi connectivity index (χ3v) is 3.91. The monoisotopic (exact) mass is 385 g/mol. The number of rotatable bonds is 7. The molecule has 1 aromatic carbocycles. The average molecular weight is 386 g/mol. The van der Waals surface area contributed by atoms with Crippen LogP contribution in [0.2, 0.25) is 5.15 Å². The smallest absolute Gasteiger partial charge is 0.343 e. The van der Waals surface area contributed by atoms with Crippen LogP contribution in [0.3, 0.4) is 0 Å². The molecule has 2 aromatic rings. The third kappa shape index (κ3) is 4.78. The number of hydrogen-bond donors (Lipinski definition) is 1. The van der Waals surface area contributed by atoms with E-state index in [0.29, 0.717) is 12.2 Å². The van der Waals surface area contributed by atoms with Gasteiger partial charge in [0.15, 0.2) is 18.2 Å². The van der Waals surface area contributed by atoms with Crippen LogP contribution < -0.4 is 5.32 Å². The van der Waals surface area contributed by atoms with Crippen molar-refractivity contribution in [3.63, 3.8) is 0 Å². The Bertz CT molecular complexity index is 824. The summed E-state index contributed by atoms with van der Waals surface area (Å²) in [5.74, 6) is -3.60. The van der Waals surface area contributed by atoms with E-state index in [9.17, 15) is 18.4 Å². The minimum absolute atomic E-state index is 0.0477. The number of carbonyl (C=O) groups is 2. The lowest BCUT2D eigenvalue weighted by Crippen LogP contribution is -2.21. The molecule has 0 spiro atoms. The molecule has 9 heteroatoms. The zero-order valence-electron chi connectivity index (χ0n) is 14.3. The summed E-state index contributed by atoms with van der Waals surface area (Å²) in [6, 6.07) is 2.90. The molecule has 140 valence electrons. The molecular weight excluding hydrogens is 368 g/mol. The van der Waals surface area contributed by atoms with Gasteiger partial charge in [-0.2, -0.15) is 5.10 Å². The lowest BCUT2D eigenvalue weighted by Gasteiger charge is -2.07. The number of nitrogens with zero attached hydrogens (tertiary/aromatic N) is 2. The van der Waals surface area contributed by atoms with Crippen LogP contribution in [0.15, 0.2) is 18.2 Å². The van der Waals surface area contributed by atoms with Crippen molar-refractivity contribution in [2.45, 2.75) is 33.2 Å². The number of benzene rings is 1. The molecule has 0 aliphatic carbocycles. The molecule has 1 N–H and O–H groups in total. The van der Waals surface area contributed by atoms with Crippen LogP contribution in [0.1, 0.15) is 35.8 Å². The van der Waals surface area contributed by atoms with Crippen molar-refractivity contribution < 1.29 is 23.1 Å². The minimum atomic E-state index is -1.10. The molecule has 0 atom stereocenters. The van der Waals surface area contributed by atoms with Crippen molar-refractivity contribution in [2.24, 2.45) is 0 Å². The molecule has 0 aliphatic heterocycles. The van der Waals surface area contributed by atoms with Crippen molar-refractivity contribution in [1.82, 2.24) is 9.78 Å². The maximum Gasteiger partial charge on any atom is 0.343 e. The predicted octanol–water partition coefficient (Wildman–Crippen LogP) is 3.72. The van der Waals surface area contributed by atoms with E-state index in [0.717, 1.165) is 25.0 Å². The molecule has 1 amide bonds. The number of ether oxygens (including phenoxy) is 1. The van der Waals surface area contributed by atoms with Crippen molar-refractivity contribution in [3.05, 3.63) is 46.2 Å². The Morgan fingerprint density at radius 3 is 2.69 bits per heavy atom. The van der Waals surface area contributed by atoms with Gasteiger partial charge in [-0.15, -0.1) is 0 Å². The molecule has 0 bridgehead atoms. The highest BCUT2D eigenvalue weighted by Crippen LogP contribution is 2.21. The largest absolute Gasteiger partial charge is 0.452 e. The van der Waals surface area contributed by atoms with E-state index >= 15 is 0 Å². The Hall–Kier alpha value is -2.48. The SMILES string of the molecule is CCCCn1nc(C)c(C(=O)OCC(=O)Nc2ccc(F)c(F)c2)c1Cl. The fraction of sp³-hybridized carbons (Fsp3) is 0.353. The lowest BCUT2D eigenvalue weighted by atomic mass is 10.2. The van der Waals surface area contributed by atoms with Gasteiger partial charge in [-0.25, -0.2) is 13.6 Å². The number of esters is 1. The van der Waals surface area contributed by atoms with Crippen molar-refractivity contribution in [2.75, 3.05) is 11.9 Å². The third-order valence-electron chi connectivity index (χ3n) is 3.53. The van der Waals surface area contributed by atoms with Crippen molar-refractivity contribution >= 4 is 29.2 Å². The molecule has 1 aromatic heterocycles. The second-order valence-corrected chi connectivity index (χ2v) is 5.94. The number of amides is 1. The second-order valence-electron chi connectivity index (χ2n) is 5.58. The summed E-state index contributed by atoms with van der Waals surface area (Å²) in [5.41, 5.74) is 0.548. The van der Waals surface area contributed by atoms with Gasteiger partial charge < -0.3 is 10.1 Å². The fourth-order valence-electron chi connectivity index (χ4n) is 2.22. The van der Waals surface area contributed by atoms with Gasteiger partial charge >= 0.3 is 5.97 Å². The molecule has 0 fully saturated rings. The van der Waals surface area contributed by atoms with E-state index in [1.165, 1.54) is 10.7 Å². The molecule has 0 radical (unpaired) electrons. The number of anilines is 1. The number of aromatic nitrogens is 2. The first-order valence-electron chi connectivity index (χ1n) is 7.98. The Morgan fingerprint density at radius 2 is 2.04 bits per heavy atom. The van der Waals surface area contributed by atoms with E-state index in [1.807, 2.05) is 6.92 Å². The lowest BCUT2D eigenvalue weighted by molar-refractivity contribution is -0.119. The summed E-state index contributed by atoms with van der Waals surface area (Å²) in [4.78, 5) is 24.0. The standard InChI is InChI=1S/C17H18ClF2N3O3/c1-3-4-7-23-16(18)15(10(2)22-23)17(25)26-9-14(24)21-11-5-6-12(19)13(20)8-11/h5-6,8H,3-4,7,9H2,1-2H3,(H,21,24). The fourth-order valence-corrected chi connectivity index (χ4v) is 2.55. The first-order valence-corrected chi connectivity index (χ1v) is 8.36. The zero-order chi connectivity index (χ0) is 19.3. The van der Waals surface area contributed by atoms with Gasteiger partial charge in [0.2, 0.25) is 0 Å². The molecule has 0 unspecified atom stereocenters. The molecule has 6 nitrogen and oxygen atoms in total. The quantitative estimate of drug-likeness (QED) is 0.737. The number of halogens is 3. The Balaban J connectivity index is 1.96. The van der Waals surface area contributed by atoms with Crippen LogP contribution in [0.25, 0.3) is 0 Å². The molecule has 0 aliphatic rings. The van der Waals surface area contributed by atoms with Crippen LogP contribution in [-0.4, -0.2) is 28.3 Å². The van der Waals surface area contributed by atoms with Gasteiger partial charge in [0.25, 0.3) is 5.91 Å². The normalized spacial score (nSPS) is 10.7. The summed E-state index contributed by atoms with van der Waals surface area (Å²) in [5, 5.41) is 6.64. The van der Waals surface area contributed by atoms with Crippen molar-refractivity contribution in [3.8, 4) is 0 Å². The molecule has 0 saturated carbocycles. The summed E-state index contributed by atoms with van der Waals surface area (Å²) in [6.45, 7) is 3.60. The van der Waals surface area contributed by atoms with Gasteiger partial charge in [0.1, 0.15) is 10.7 Å². The van der Waals surface area contributed by atoms with Gasteiger partial charge in [-0.05, 0) is 25.5 Å². The van der Waals surface area contributed by atoms with Crippen LogP contribution in [0.5, 0.6) is 0 Å². The number of aryl methyl sites for hydroxylation is 2. The Morgan fingerprint density at radius 1 is 1.31 bits per heavy atom. The highest BCUT2D eigenvalue weighted by molar-refractivity contribution is 6.32. The molecule has 26 heavy (non-hydrogen) atoms. The minimum Gasteiger partial charge on any atom is -0.452 e. The van der Waals surface area contributed by atoms with Gasteiger partial charge in [-0.1, -0.05) is 24.9 Å². The van der Waals surface area contributed by atoms with E-state index in [1.54, 1.807) is 6.92 Å². The van der Waals surface area contributed by atoms with E-state index in [-0.39, 0.29) is 16.4 Å². The molecule has 0 saturated heterocycles. The molecular formula is C17H18ClF2N3O3. The summed E-state index contributed by atoms with van der Waals surface area (Å²) < 4.78 is 32.4. The number of hydrogen-bond acceptors (Lipinski definition) is 4. The van der Waals surface area contributed by atoms with Crippen LogP contribution >= 0.6 is 11.6 Å². The molecule has 1 heterocycles. The highest BCUT2D eigenvalue weighted by atomic mass is 35.5. The Labute approximate surface area is 154 Å². The van der Waals surface area contributed by atoms with Crippen LogP contribution in [0.4, 0.5) is 14.5 Å². The second kappa shape index (κ2) is 8.75. The number of nitrogens with one attached hydrogen (secondary N) is 1. The van der Waals surface area contributed by atoms with Crippen molar-refractivity contribution in [1.29, 1.82) is 0 Å². The number of unbranched alkanes of at least 4 members (excludes halogenated alkanes) is 1.